The van der Waals surface area contributed by atoms with Crippen LogP contribution in [0.25, 0.3) is 22.4 Å². The van der Waals surface area contributed by atoms with Crippen LogP contribution in [-0.4, -0.2) is 9.55 Å². The maximum Gasteiger partial charge on any atom is 0.140 e. The Bertz CT molecular complexity index is 806. The molecule has 0 amide bonds. The minimum absolute atomic E-state index is 0.659. The van der Waals surface area contributed by atoms with Gasteiger partial charge < -0.3 is 4.57 Å². The standard InChI is InChI=1S/C16H13N3/c1-11-4-3-5-13(8-11)16-18-14-7-6-12(10-17)9-15(14)19(16)2/h3-9H,1-2H3. The van der Waals surface area contributed by atoms with Gasteiger partial charge in [0, 0.05) is 12.6 Å². The average molecular weight is 247 g/mol. The first kappa shape index (κ1) is 11.5. The number of benzene rings is 2. The van der Waals surface area contributed by atoms with Gasteiger partial charge in [0.2, 0.25) is 0 Å². The molecule has 0 aliphatic heterocycles. The van der Waals surface area contributed by atoms with E-state index in [2.05, 4.69) is 36.2 Å². The molecule has 0 atom stereocenters. The molecule has 0 fully saturated rings. The zero-order valence-electron chi connectivity index (χ0n) is 10.9. The van der Waals surface area contributed by atoms with Gasteiger partial charge in [-0.2, -0.15) is 5.26 Å². The molecule has 0 aliphatic carbocycles. The highest BCUT2D eigenvalue weighted by Gasteiger charge is 2.10. The summed E-state index contributed by atoms with van der Waals surface area (Å²) in [5.74, 6) is 0.925. The van der Waals surface area contributed by atoms with Gasteiger partial charge in [-0.3, -0.25) is 0 Å². The molecule has 3 nitrogen and oxygen atoms in total. The summed E-state index contributed by atoms with van der Waals surface area (Å²) < 4.78 is 2.03. The molecular weight excluding hydrogens is 234 g/mol. The number of rotatable bonds is 1. The molecule has 0 saturated carbocycles. The van der Waals surface area contributed by atoms with Crippen LogP contribution in [0.4, 0.5) is 0 Å². The van der Waals surface area contributed by atoms with Crippen LogP contribution in [0, 0.1) is 18.3 Å². The molecule has 3 rings (SSSR count). The van der Waals surface area contributed by atoms with Gasteiger partial charge in [0.15, 0.2) is 0 Å². The number of hydrogen-bond donors (Lipinski definition) is 0. The fourth-order valence-corrected chi connectivity index (χ4v) is 2.30. The third-order valence-electron chi connectivity index (χ3n) is 3.29. The molecule has 0 unspecified atom stereocenters. The van der Waals surface area contributed by atoms with Gasteiger partial charge in [-0.15, -0.1) is 0 Å². The second kappa shape index (κ2) is 4.25. The van der Waals surface area contributed by atoms with Gasteiger partial charge >= 0.3 is 0 Å². The van der Waals surface area contributed by atoms with Crippen LogP contribution in [0.2, 0.25) is 0 Å². The minimum Gasteiger partial charge on any atom is -0.327 e. The molecule has 19 heavy (non-hydrogen) atoms. The quantitative estimate of drug-likeness (QED) is 0.661. The van der Waals surface area contributed by atoms with E-state index in [0.29, 0.717) is 5.56 Å². The highest BCUT2D eigenvalue weighted by Crippen LogP contribution is 2.24. The summed E-state index contributed by atoms with van der Waals surface area (Å²) in [4.78, 5) is 4.65. The van der Waals surface area contributed by atoms with E-state index in [1.807, 2.05) is 29.8 Å². The molecule has 0 bridgehead atoms. The van der Waals surface area contributed by atoms with Crippen LogP contribution in [0.5, 0.6) is 0 Å². The SMILES string of the molecule is Cc1cccc(-c2nc3ccc(C#N)cc3n2C)c1. The molecule has 1 heterocycles. The maximum absolute atomic E-state index is 8.97. The van der Waals surface area contributed by atoms with Crippen LogP contribution in [0.15, 0.2) is 42.5 Å². The molecule has 0 saturated heterocycles. The van der Waals surface area contributed by atoms with Crippen molar-refractivity contribution in [1.82, 2.24) is 9.55 Å². The smallest absolute Gasteiger partial charge is 0.140 e. The Morgan fingerprint density at radius 1 is 1.16 bits per heavy atom. The van der Waals surface area contributed by atoms with Gasteiger partial charge in [-0.1, -0.05) is 23.8 Å². The molecule has 0 radical (unpaired) electrons. The van der Waals surface area contributed by atoms with Crippen LogP contribution < -0.4 is 0 Å². The van der Waals surface area contributed by atoms with Crippen molar-refractivity contribution in [3.63, 3.8) is 0 Å². The molecule has 0 N–H and O–H groups in total. The van der Waals surface area contributed by atoms with Crippen molar-refractivity contribution in [1.29, 1.82) is 5.26 Å². The lowest BCUT2D eigenvalue weighted by Crippen LogP contribution is -1.92. The number of nitriles is 1. The van der Waals surface area contributed by atoms with E-state index in [4.69, 9.17) is 5.26 Å². The van der Waals surface area contributed by atoms with E-state index in [0.717, 1.165) is 22.4 Å². The zero-order chi connectivity index (χ0) is 13.4. The summed E-state index contributed by atoms with van der Waals surface area (Å²) in [6.07, 6.45) is 0. The van der Waals surface area contributed by atoms with Crippen molar-refractivity contribution in [3.05, 3.63) is 53.6 Å². The lowest BCUT2D eigenvalue weighted by Gasteiger charge is -2.03. The number of nitrogens with zero attached hydrogens (tertiary/aromatic N) is 3. The normalized spacial score (nSPS) is 10.6. The third kappa shape index (κ3) is 1.88. The first-order chi connectivity index (χ1) is 9.19. The van der Waals surface area contributed by atoms with Gasteiger partial charge in [-0.25, -0.2) is 4.98 Å². The molecule has 3 aromatic rings. The first-order valence-electron chi connectivity index (χ1n) is 6.12. The number of imidazole rings is 1. The lowest BCUT2D eigenvalue weighted by atomic mass is 10.1. The Hall–Kier alpha value is -2.60. The molecular formula is C16H13N3. The Kier molecular flexibility index (Phi) is 2.57. The maximum atomic E-state index is 8.97. The van der Waals surface area contributed by atoms with Gasteiger partial charge in [0.25, 0.3) is 0 Å². The van der Waals surface area contributed by atoms with E-state index in [1.165, 1.54) is 5.56 Å². The second-order valence-corrected chi connectivity index (χ2v) is 4.68. The van der Waals surface area contributed by atoms with Gasteiger partial charge in [0.05, 0.1) is 22.7 Å². The monoisotopic (exact) mass is 247 g/mol. The van der Waals surface area contributed by atoms with Gasteiger partial charge in [0.1, 0.15) is 5.82 Å². The van der Waals surface area contributed by atoms with Crippen LogP contribution in [0.3, 0.4) is 0 Å². The average Bonchev–Trinajstić information content (AvgIpc) is 2.76. The third-order valence-corrected chi connectivity index (χ3v) is 3.29. The van der Waals surface area contributed by atoms with E-state index in [1.54, 1.807) is 6.07 Å². The topological polar surface area (TPSA) is 41.6 Å². The predicted octanol–water partition coefficient (Wildman–Crippen LogP) is 3.42. The van der Waals surface area contributed by atoms with Crippen LogP contribution in [0.1, 0.15) is 11.1 Å². The molecule has 1 aromatic heterocycles. The van der Waals surface area contributed by atoms with Crippen molar-refractivity contribution in [3.8, 4) is 17.5 Å². The number of aromatic nitrogens is 2. The van der Waals surface area contributed by atoms with Crippen molar-refractivity contribution >= 4 is 11.0 Å². The van der Waals surface area contributed by atoms with Crippen molar-refractivity contribution < 1.29 is 0 Å². The number of aryl methyl sites for hydroxylation is 2. The summed E-state index contributed by atoms with van der Waals surface area (Å²) in [6.45, 7) is 2.07. The van der Waals surface area contributed by atoms with Crippen LogP contribution in [-0.2, 0) is 7.05 Å². The highest BCUT2D eigenvalue weighted by molar-refractivity contribution is 5.81. The second-order valence-electron chi connectivity index (χ2n) is 4.68. The molecule has 0 spiro atoms. The molecule has 92 valence electrons. The Morgan fingerprint density at radius 3 is 2.74 bits per heavy atom. The highest BCUT2D eigenvalue weighted by atomic mass is 15.1. The summed E-state index contributed by atoms with van der Waals surface area (Å²) in [5.41, 5.74) is 4.86. The summed E-state index contributed by atoms with van der Waals surface area (Å²) in [7, 11) is 1.98. The Morgan fingerprint density at radius 2 is 2.00 bits per heavy atom. The van der Waals surface area contributed by atoms with Gasteiger partial charge in [-0.05, 0) is 31.2 Å². The van der Waals surface area contributed by atoms with Crippen molar-refractivity contribution in [2.24, 2.45) is 7.05 Å². The van der Waals surface area contributed by atoms with E-state index in [-0.39, 0.29) is 0 Å². The first-order valence-corrected chi connectivity index (χ1v) is 6.12. The molecule has 3 heteroatoms. The van der Waals surface area contributed by atoms with E-state index >= 15 is 0 Å². The fraction of sp³-hybridized carbons (Fsp3) is 0.125. The zero-order valence-corrected chi connectivity index (χ0v) is 10.9. The predicted molar refractivity (Wildman–Crippen MR) is 75.6 cm³/mol. The largest absolute Gasteiger partial charge is 0.327 e. The van der Waals surface area contributed by atoms with Crippen molar-refractivity contribution in [2.75, 3.05) is 0 Å². The summed E-state index contributed by atoms with van der Waals surface area (Å²) >= 11 is 0. The van der Waals surface area contributed by atoms with Crippen molar-refractivity contribution in [2.45, 2.75) is 6.92 Å². The summed E-state index contributed by atoms with van der Waals surface area (Å²) in [5, 5.41) is 8.97. The van der Waals surface area contributed by atoms with E-state index < -0.39 is 0 Å². The van der Waals surface area contributed by atoms with Crippen LogP contribution >= 0.6 is 0 Å². The minimum atomic E-state index is 0.659. The Balaban J connectivity index is 2.26. The number of hydrogen-bond acceptors (Lipinski definition) is 2. The Labute approximate surface area is 111 Å². The fourth-order valence-electron chi connectivity index (χ4n) is 2.30. The summed E-state index contributed by atoms with van der Waals surface area (Å²) in [6, 6.07) is 16.0. The lowest BCUT2D eigenvalue weighted by molar-refractivity contribution is 0.959. The number of fused-ring (bicyclic) bond motifs is 1. The molecule has 2 aromatic carbocycles. The molecule has 0 aliphatic rings. The van der Waals surface area contributed by atoms with E-state index in [9.17, 15) is 0 Å².